The third-order valence-corrected chi connectivity index (χ3v) is 4.96. The Kier molecular flexibility index (Phi) is 5.48. The van der Waals surface area contributed by atoms with E-state index < -0.39 is 5.97 Å². The highest BCUT2D eigenvalue weighted by Crippen LogP contribution is 2.41. The van der Waals surface area contributed by atoms with Crippen LogP contribution in [0.5, 0.6) is 0 Å². The number of carboxylic acids is 1. The highest BCUT2D eigenvalue weighted by atomic mass is 16.4. The number of hydrogen-bond donors (Lipinski definition) is 2. The van der Waals surface area contributed by atoms with Crippen LogP contribution >= 0.6 is 0 Å². The fraction of sp³-hybridized carbons (Fsp3) is 0.875. The molecule has 0 aromatic heterocycles. The zero-order valence-corrected chi connectivity index (χ0v) is 13.2. The standard InChI is InChI=1S/C16H28N2O3/c1-3-5-7-11(6-4-2)17-16(21)18-12-8-9-14(18)13(10-12)15(19)20/h11-14H,3-10H2,1-2H3,(H,17,21)(H,19,20). The largest absolute Gasteiger partial charge is 0.481 e. The molecule has 2 rings (SSSR count). The molecule has 2 amide bonds. The molecule has 0 saturated carbocycles. The second kappa shape index (κ2) is 7.14. The van der Waals surface area contributed by atoms with Gasteiger partial charge in [-0.25, -0.2) is 4.79 Å². The molecule has 2 aliphatic heterocycles. The van der Waals surface area contributed by atoms with Crippen LogP contribution in [0, 0.1) is 5.92 Å². The van der Waals surface area contributed by atoms with E-state index in [1.165, 1.54) is 0 Å². The maximum absolute atomic E-state index is 12.5. The second-order valence-electron chi connectivity index (χ2n) is 6.46. The number of nitrogens with zero attached hydrogens (tertiary/aromatic N) is 1. The summed E-state index contributed by atoms with van der Waals surface area (Å²) >= 11 is 0. The molecular formula is C16H28N2O3. The van der Waals surface area contributed by atoms with Gasteiger partial charge in [-0.15, -0.1) is 0 Å². The van der Waals surface area contributed by atoms with Gasteiger partial charge in [-0.2, -0.15) is 0 Å². The maximum Gasteiger partial charge on any atom is 0.318 e. The third kappa shape index (κ3) is 3.50. The molecule has 0 radical (unpaired) electrons. The Morgan fingerprint density at radius 1 is 1.24 bits per heavy atom. The van der Waals surface area contributed by atoms with E-state index in [-0.39, 0.29) is 30.1 Å². The van der Waals surface area contributed by atoms with Crippen molar-refractivity contribution in [3.63, 3.8) is 0 Å². The van der Waals surface area contributed by atoms with Crippen molar-refractivity contribution in [1.29, 1.82) is 0 Å². The van der Waals surface area contributed by atoms with Crippen LogP contribution in [-0.2, 0) is 4.79 Å². The van der Waals surface area contributed by atoms with Gasteiger partial charge < -0.3 is 15.3 Å². The highest BCUT2D eigenvalue weighted by Gasteiger charge is 2.51. The molecule has 2 saturated heterocycles. The average molecular weight is 296 g/mol. The minimum atomic E-state index is -0.754. The van der Waals surface area contributed by atoms with E-state index in [9.17, 15) is 14.7 Å². The topological polar surface area (TPSA) is 69.6 Å². The molecule has 5 nitrogen and oxygen atoms in total. The Hall–Kier alpha value is -1.26. The Morgan fingerprint density at radius 2 is 2.00 bits per heavy atom. The fourth-order valence-electron chi connectivity index (χ4n) is 3.91. The lowest BCUT2D eigenvalue weighted by Crippen LogP contribution is -2.47. The summed E-state index contributed by atoms with van der Waals surface area (Å²) in [6.07, 6.45) is 7.73. The van der Waals surface area contributed by atoms with Crippen LogP contribution in [0.2, 0.25) is 0 Å². The van der Waals surface area contributed by atoms with Crippen molar-refractivity contribution in [3.8, 4) is 0 Å². The number of aliphatic carboxylic acids is 1. The van der Waals surface area contributed by atoms with Crippen LogP contribution in [-0.4, -0.2) is 40.1 Å². The Morgan fingerprint density at radius 3 is 2.57 bits per heavy atom. The van der Waals surface area contributed by atoms with Gasteiger partial charge in [-0.3, -0.25) is 4.79 Å². The minimum absolute atomic E-state index is 0.0409. The van der Waals surface area contributed by atoms with E-state index in [2.05, 4.69) is 19.2 Å². The first-order chi connectivity index (χ1) is 10.1. The Balaban J connectivity index is 1.95. The number of unbranched alkanes of at least 4 members (excludes halogenated alkanes) is 1. The van der Waals surface area contributed by atoms with E-state index in [1.807, 2.05) is 4.90 Å². The summed E-state index contributed by atoms with van der Waals surface area (Å²) in [5.74, 6) is -1.12. The van der Waals surface area contributed by atoms with Gasteiger partial charge in [-0.1, -0.05) is 33.1 Å². The Bertz CT molecular complexity index is 386. The lowest BCUT2D eigenvalue weighted by molar-refractivity contribution is -0.142. The molecule has 0 aromatic carbocycles. The summed E-state index contributed by atoms with van der Waals surface area (Å²) in [4.78, 5) is 25.6. The lowest BCUT2D eigenvalue weighted by atomic mass is 9.89. The fourth-order valence-corrected chi connectivity index (χ4v) is 3.91. The van der Waals surface area contributed by atoms with Crippen LogP contribution in [0.15, 0.2) is 0 Å². The number of carbonyl (C=O) groups excluding carboxylic acids is 1. The van der Waals surface area contributed by atoms with Gasteiger partial charge in [-0.05, 0) is 32.1 Å². The SMILES string of the molecule is CCCCC(CCC)NC(=O)N1C2CCC1C(C(=O)O)C2. The van der Waals surface area contributed by atoms with Crippen molar-refractivity contribution in [2.75, 3.05) is 0 Å². The predicted octanol–water partition coefficient (Wildman–Crippen LogP) is 2.99. The van der Waals surface area contributed by atoms with Gasteiger partial charge in [0.15, 0.2) is 0 Å². The van der Waals surface area contributed by atoms with Crippen LogP contribution < -0.4 is 5.32 Å². The van der Waals surface area contributed by atoms with Crippen molar-refractivity contribution < 1.29 is 14.7 Å². The first-order valence-corrected chi connectivity index (χ1v) is 8.40. The van der Waals surface area contributed by atoms with E-state index in [4.69, 9.17) is 0 Å². The van der Waals surface area contributed by atoms with Gasteiger partial charge in [0.1, 0.15) is 0 Å². The molecule has 2 bridgehead atoms. The number of hydrogen-bond acceptors (Lipinski definition) is 2. The highest BCUT2D eigenvalue weighted by molar-refractivity contribution is 5.79. The summed E-state index contributed by atoms with van der Waals surface area (Å²) in [6.45, 7) is 4.29. The molecule has 0 aromatic rings. The van der Waals surface area contributed by atoms with Gasteiger partial charge in [0.2, 0.25) is 0 Å². The number of amides is 2. The van der Waals surface area contributed by atoms with Crippen molar-refractivity contribution in [1.82, 2.24) is 10.2 Å². The van der Waals surface area contributed by atoms with Crippen molar-refractivity contribution in [2.45, 2.75) is 83.3 Å². The molecule has 21 heavy (non-hydrogen) atoms. The van der Waals surface area contributed by atoms with Crippen LogP contribution in [0.4, 0.5) is 4.79 Å². The molecule has 0 aliphatic carbocycles. The predicted molar refractivity (Wildman–Crippen MR) is 81.1 cm³/mol. The number of nitrogens with one attached hydrogen (secondary N) is 1. The molecule has 2 aliphatic rings. The first kappa shape index (κ1) is 16.1. The number of carboxylic acid groups (broad SMARTS) is 1. The zero-order valence-electron chi connectivity index (χ0n) is 13.2. The number of urea groups is 1. The lowest BCUT2D eigenvalue weighted by Gasteiger charge is -2.27. The summed E-state index contributed by atoms with van der Waals surface area (Å²) in [7, 11) is 0. The van der Waals surface area contributed by atoms with Gasteiger partial charge in [0, 0.05) is 18.1 Å². The molecule has 120 valence electrons. The van der Waals surface area contributed by atoms with E-state index in [1.54, 1.807) is 0 Å². The minimum Gasteiger partial charge on any atom is -0.481 e. The van der Waals surface area contributed by atoms with Crippen molar-refractivity contribution >= 4 is 12.0 Å². The zero-order chi connectivity index (χ0) is 15.4. The van der Waals surface area contributed by atoms with Crippen LogP contribution in [0.3, 0.4) is 0 Å². The van der Waals surface area contributed by atoms with Gasteiger partial charge >= 0.3 is 12.0 Å². The molecule has 5 heteroatoms. The average Bonchev–Trinajstić information content (AvgIpc) is 3.02. The molecule has 2 heterocycles. The molecule has 4 unspecified atom stereocenters. The summed E-state index contributed by atoms with van der Waals surface area (Å²) in [6, 6.07) is 0.219. The number of carbonyl (C=O) groups is 2. The number of rotatable bonds is 7. The quantitative estimate of drug-likeness (QED) is 0.758. The third-order valence-electron chi connectivity index (χ3n) is 4.96. The number of fused-ring (bicyclic) bond motifs is 2. The van der Waals surface area contributed by atoms with Crippen LogP contribution in [0.25, 0.3) is 0 Å². The second-order valence-corrected chi connectivity index (χ2v) is 6.46. The van der Waals surface area contributed by atoms with E-state index >= 15 is 0 Å². The molecule has 2 N–H and O–H groups in total. The monoisotopic (exact) mass is 296 g/mol. The summed E-state index contributed by atoms with van der Waals surface area (Å²) in [5.41, 5.74) is 0. The molecular weight excluding hydrogens is 268 g/mol. The molecule has 4 atom stereocenters. The summed E-state index contributed by atoms with van der Waals surface area (Å²) in [5, 5.41) is 12.4. The van der Waals surface area contributed by atoms with Crippen LogP contribution in [0.1, 0.15) is 65.2 Å². The molecule has 0 spiro atoms. The maximum atomic E-state index is 12.5. The van der Waals surface area contributed by atoms with E-state index in [0.29, 0.717) is 6.42 Å². The van der Waals surface area contributed by atoms with Gasteiger partial charge in [0.05, 0.1) is 5.92 Å². The summed E-state index contributed by atoms with van der Waals surface area (Å²) < 4.78 is 0. The Labute approximate surface area is 127 Å². The normalized spacial score (nSPS) is 28.7. The van der Waals surface area contributed by atoms with Crippen molar-refractivity contribution in [2.24, 2.45) is 5.92 Å². The van der Waals surface area contributed by atoms with Gasteiger partial charge in [0.25, 0.3) is 0 Å². The first-order valence-electron chi connectivity index (χ1n) is 8.40. The van der Waals surface area contributed by atoms with Crippen molar-refractivity contribution in [3.05, 3.63) is 0 Å². The van der Waals surface area contributed by atoms with E-state index in [0.717, 1.165) is 44.9 Å². The molecule has 2 fully saturated rings. The smallest absolute Gasteiger partial charge is 0.318 e.